The molecule has 0 unspecified atom stereocenters. The Kier molecular flexibility index (Phi) is 5.62. The molecule has 3 rings (SSSR count). The summed E-state index contributed by atoms with van der Waals surface area (Å²) in [5.41, 5.74) is 1.20. The van der Waals surface area contributed by atoms with E-state index in [1.54, 1.807) is 0 Å². The zero-order valence-corrected chi connectivity index (χ0v) is 15.2. The number of phenols is 2. The largest absolute Gasteiger partial charge is 0.507 e. The number of aromatic hydroxyl groups is 2. The first-order valence-corrected chi connectivity index (χ1v) is 8.42. The maximum absolute atomic E-state index is 10.7. The summed E-state index contributed by atoms with van der Waals surface area (Å²) in [5.74, 6) is 10.5. The van der Waals surface area contributed by atoms with E-state index in [1.807, 2.05) is 0 Å². The van der Waals surface area contributed by atoms with Gasteiger partial charge < -0.3 is 10.2 Å². The number of benzene rings is 3. The second-order valence-corrected chi connectivity index (χ2v) is 5.99. The lowest BCUT2D eigenvalue weighted by molar-refractivity contribution is -0.385. The fraction of sp³-hybridized carbons (Fsp3) is 0. The topological polar surface area (TPSA) is 127 Å². The van der Waals surface area contributed by atoms with E-state index in [4.69, 9.17) is 0 Å². The second kappa shape index (κ2) is 8.46. The van der Waals surface area contributed by atoms with E-state index in [2.05, 4.69) is 23.7 Å². The predicted octanol–water partition coefficient (Wildman–Crippen LogP) is 3.71. The summed E-state index contributed by atoms with van der Waals surface area (Å²) < 4.78 is 0. The summed E-state index contributed by atoms with van der Waals surface area (Å²) in [4.78, 5) is 20.3. The number of hydrogen-bond donors (Lipinski definition) is 2. The summed E-state index contributed by atoms with van der Waals surface area (Å²) >= 11 is 0. The number of nitro benzene ring substituents is 2. The molecule has 3 aromatic rings. The van der Waals surface area contributed by atoms with E-state index in [1.165, 1.54) is 60.7 Å². The molecule has 0 aliphatic rings. The lowest BCUT2D eigenvalue weighted by Gasteiger charge is -2.01. The zero-order chi connectivity index (χ0) is 21.7. The van der Waals surface area contributed by atoms with E-state index in [9.17, 15) is 30.4 Å². The summed E-state index contributed by atoms with van der Waals surface area (Å²) in [6, 6.07) is 13.7. The molecule has 0 aliphatic heterocycles. The number of hydrogen-bond acceptors (Lipinski definition) is 6. The first-order valence-electron chi connectivity index (χ1n) is 8.42. The predicted molar refractivity (Wildman–Crippen MR) is 108 cm³/mol. The number of non-ortho nitro benzene ring substituents is 2. The molecular weight excluding hydrogens is 388 g/mol. The van der Waals surface area contributed by atoms with Crippen LogP contribution in [0.5, 0.6) is 11.5 Å². The Morgan fingerprint density at radius 3 is 1.23 bits per heavy atom. The van der Waals surface area contributed by atoms with Crippen LogP contribution in [0.1, 0.15) is 22.3 Å². The van der Waals surface area contributed by atoms with Gasteiger partial charge in [-0.3, -0.25) is 20.2 Å². The van der Waals surface area contributed by atoms with Crippen molar-refractivity contribution in [2.75, 3.05) is 0 Å². The molecule has 0 saturated heterocycles. The normalized spacial score (nSPS) is 9.60. The second-order valence-electron chi connectivity index (χ2n) is 5.99. The molecule has 2 N–H and O–H groups in total. The Labute approximate surface area is 170 Å². The first-order chi connectivity index (χ1) is 14.3. The quantitative estimate of drug-likeness (QED) is 0.292. The van der Waals surface area contributed by atoms with E-state index in [0.717, 1.165) is 0 Å². The Morgan fingerprint density at radius 1 is 0.600 bits per heavy atom. The van der Waals surface area contributed by atoms with Crippen molar-refractivity contribution >= 4 is 11.4 Å². The van der Waals surface area contributed by atoms with Crippen LogP contribution in [0.2, 0.25) is 0 Å². The third kappa shape index (κ3) is 4.71. The molecule has 0 amide bonds. The van der Waals surface area contributed by atoms with E-state index in [-0.39, 0.29) is 34.0 Å². The summed E-state index contributed by atoms with van der Waals surface area (Å²) in [7, 11) is 0. The average Bonchev–Trinajstić information content (AvgIpc) is 2.73. The minimum absolute atomic E-state index is 0.0583. The SMILES string of the molecule is O=[N+]([O-])c1ccc(C#Cc2cc(O)c(C#Cc3ccc([N+](=O)[O-])cc3)cc2O)cc1. The molecule has 3 aromatic carbocycles. The average molecular weight is 400 g/mol. The minimum Gasteiger partial charge on any atom is -0.507 e. The van der Waals surface area contributed by atoms with Gasteiger partial charge >= 0.3 is 0 Å². The van der Waals surface area contributed by atoms with Gasteiger partial charge in [-0.25, -0.2) is 0 Å². The van der Waals surface area contributed by atoms with E-state index >= 15 is 0 Å². The van der Waals surface area contributed by atoms with Crippen molar-refractivity contribution in [2.24, 2.45) is 0 Å². The summed E-state index contributed by atoms with van der Waals surface area (Å²) in [6.07, 6.45) is 0. The highest BCUT2D eigenvalue weighted by molar-refractivity contribution is 5.59. The molecular formula is C22H12N2O6. The van der Waals surface area contributed by atoms with Gasteiger partial charge in [-0.15, -0.1) is 0 Å². The number of rotatable bonds is 2. The lowest BCUT2D eigenvalue weighted by Crippen LogP contribution is -1.87. The Bertz CT molecular complexity index is 1160. The van der Waals surface area contributed by atoms with Crippen molar-refractivity contribution in [3.8, 4) is 35.2 Å². The fourth-order valence-electron chi connectivity index (χ4n) is 2.39. The zero-order valence-electron chi connectivity index (χ0n) is 15.2. The van der Waals surface area contributed by atoms with Gasteiger partial charge in [0, 0.05) is 47.5 Å². The maximum Gasteiger partial charge on any atom is 0.269 e. The third-order valence-corrected chi connectivity index (χ3v) is 3.95. The molecule has 8 heteroatoms. The van der Waals surface area contributed by atoms with Gasteiger partial charge in [0.15, 0.2) is 0 Å². The van der Waals surface area contributed by atoms with Crippen molar-refractivity contribution in [2.45, 2.75) is 0 Å². The van der Waals surface area contributed by atoms with Gasteiger partial charge in [0.25, 0.3) is 11.4 Å². The van der Waals surface area contributed by atoms with Crippen LogP contribution in [0.4, 0.5) is 11.4 Å². The third-order valence-electron chi connectivity index (χ3n) is 3.95. The van der Waals surface area contributed by atoms with Gasteiger partial charge in [-0.05, 0) is 24.3 Å². The monoisotopic (exact) mass is 400 g/mol. The molecule has 0 radical (unpaired) electrons. The molecule has 146 valence electrons. The van der Waals surface area contributed by atoms with Crippen molar-refractivity contribution in [1.29, 1.82) is 0 Å². The molecule has 0 heterocycles. The molecule has 0 atom stereocenters. The summed E-state index contributed by atoms with van der Waals surface area (Å²) in [5, 5.41) is 41.6. The summed E-state index contributed by atoms with van der Waals surface area (Å²) in [6.45, 7) is 0. The van der Waals surface area contributed by atoms with Gasteiger partial charge in [0.05, 0.1) is 21.0 Å². The minimum atomic E-state index is -0.516. The Hall–Kier alpha value is -4.82. The molecule has 0 spiro atoms. The molecule has 0 bridgehead atoms. The maximum atomic E-state index is 10.7. The molecule has 8 nitrogen and oxygen atoms in total. The lowest BCUT2D eigenvalue weighted by atomic mass is 10.1. The van der Waals surface area contributed by atoms with Crippen LogP contribution in [0.3, 0.4) is 0 Å². The van der Waals surface area contributed by atoms with Crippen LogP contribution in [0, 0.1) is 43.9 Å². The number of nitro groups is 2. The van der Waals surface area contributed by atoms with Crippen LogP contribution in [0.15, 0.2) is 60.7 Å². The smallest absolute Gasteiger partial charge is 0.269 e. The van der Waals surface area contributed by atoms with Gasteiger partial charge in [0.1, 0.15) is 11.5 Å². The van der Waals surface area contributed by atoms with Crippen LogP contribution < -0.4 is 0 Å². The molecule has 0 aromatic heterocycles. The highest BCUT2D eigenvalue weighted by Crippen LogP contribution is 2.26. The highest BCUT2D eigenvalue weighted by atomic mass is 16.6. The molecule has 0 saturated carbocycles. The molecule has 30 heavy (non-hydrogen) atoms. The molecule has 0 fully saturated rings. The van der Waals surface area contributed by atoms with Crippen LogP contribution in [0.25, 0.3) is 0 Å². The molecule has 0 aliphatic carbocycles. The van der Waals surface area contributed by atoms with Crippen molar-refractivity contribution < 1.29 is 20.1 Å². The van der Waals surface area contributed by atoms with Crippen LogP contribution in [-0.4, -0.2) is 20.1 Å². The van der Waals surface area contributed by atoms with Crippen molar-refractivity contribution in [1.82, 2.24) is 0 Å². The highest BCUT2D eigenvalue weighted by Gasteiger charge is 2.07. The van der Waals surface area contributed by atoms with Crippen molar-refractivity contribution in [3.05, 3.63) is 103 Å². The van der Waals surface area contributed by atoms with Crippen molar-refractivity contribution in [3.63, 3.8) is 0 Å². The van der Waals surface area contributed by atoms with Gasteiger partial charge in [-0.1, -0.05) is 23.7 Å². The van der Waals surface area contributed by atoms with E-state index in [0.29, 0.717) is 11.1 Å². The number of nitrogens with zero attached hydrogens (tertiary/aromatic N) is 2. The van der Waals surface area contributed by atoms with Crippen LogP contribution in [-0.2, 0) is 0 Å². The van der Waals surface area contributed by atoms with Crippen LogP contribution >= 0.6 is 0 Å². The fourth-order valence-corrected chi connectivity index (χ4v) is 2.39. The number of phenolic OH excluding ortho intramolecular Hbond substituents is 2. The first kappa shape index (κ1) is 19.9. The standard InChI is InChI=1S/C22H12N2O6/c25-21-14-18(8-2-16-5-11-20(12-6-16)24(29)30)22(26)13-17(21)7-1-15-3-9-19(10-4-15)23(27)28/h3-6,9-14,25-26H. The Balaban J connectivity index is 1.83. The van der Waals surface area contributed by atoms with Gasteiger partial charge in [-0.2, -0.15) is 0 Å². The Morgan fingerprint density at radius 2 is 0.933 bits per heavy atom. The van der Waals surface area contributed by atoms with Gasteiger partial charge in [0.2, 0.25) is 0 Å². The van der Waals surface area contributed by atoms with E-state index < -0.39 is 9.85 Å².